The van der Waals surface area contributed by atoms with E-state index < -0.39 is 0 Å². The van der Waals surface area contributed by atoms with Gasteiger partial charge in [0, 0.05) is 38.1 Å². The standard InChI is InChI=1S/C16H27N3O2/c1-16(2)11-13(16)14(20)17-12-5-9-19(10-6-12)15(21)18-7-3-4-8-18/h12-13H,3-11H2,1-2H3,(H,17,20). The second kappa shape index (κ2) is 5.50. The molecule has 0 bridgehead atoms. The van der Waals surface area contributed by atoms with E-state index in [1.807, 2.05) is 9.80 Å². The Morgan fingerprint density at radius 2 is 1.52 bits per heavy atom. The van der Waals surface area contributed by atoms with Crippen molar-refractivity contribution in [3.8, 4) is 0 Å². The van der Waals surface area contributed by atoms with Crippen molar-refractivity contribution >= 4 is 11.9 Å². The van der Waals surface area contributed by atoms with Gasteiger partial charge in [-0.05, 0) is 37.5 Å². The molecule has 21 heavy (non-hydrogen) atoms. The van der Waals surface area contributed by atoms with Crippen molar-refractivity contribution in [2.75, 3.05) is 26.2 Å². The molecule has 118 valence electrons. The number of piperidine rings is 1. The molecule has 0 aromatic heterocycles. The lowest BCUT2D eigenvalue weighted by Gasteiger charge is -2.34. The predicted octanol–water partition coefficient (Wildman–Crippen LogP) is 1.83. The molecular weight excluding hydrogens is 266 g/mol. The summed E-state index contributed by atoms with van der Waals surface area (Å²) in [7, 11) is 0. The minimum atomic E-state index is 0.191. The molecule has 5 nitrogen and oxygen atoms in total. The summed E-state index contributed by atoms with van der Waals surface area (Å²) in [6, 6.07) is 0.442. The van der Waals surface area contributed by atoms with E-state index in [0.29, 0.717) is 0 Å². The van der Waals surface area contributed by atoms with Gasteiger partial charge in [0.1, 0.15) is 0 Å². The quantitative estimate of drug-likeness (QED) is 0.844. The number of rotatable bonds is 2. The monoisotopic (exact) mass is 293 g/mol. The highest BCUT2D eigenvalue weighted by Gasteiger charge is 2.50. The van der Waals surface area contributed by atoms with Gasteiger partial charge in [-0.25, -0.2) is 4.79 Å². The highest BCUT2D eigenvalue weighted by Crippen LogP contribution is 2.51. The zero-order chi connectivity index (χ0) is 15.0. The van der Waals surface area contributed by atoms with Crippen molar-refractivity contribution in [3.63, 3.8) is 0 Å². The molecule has 0 spiro atoms. The van der Waals surface area contributed by atoms with Gasteiger partial charge >= 0.3 is 6.03 Å². The van der Waals surface area contributed by atoms with Gasteiger partial charge in [-0.3, -0.25) is 4.79 Å². The van der Waals surface area contributed by atoms with Crippen LogP contribution in [0.1, 0.15) is 46.0 Å². The zero-order valence-electron chi connectivity index (χ0n) is 13.2. The van der Waals surface area contributed by atoms with E-state index in [-0.39, 0.29) is 29.3 Å². The van der Waals surface area contributed by atoms with E-state index in [1.165, 1.54) is 0 Å². The molecule has 2 heterocycles. The molecular formula is C16H27N3O2. The molecule has 1 N–H and O–H groups in total. The molecule has 0 aromatic carbocycles. The molecule has 2 aliphatic heterocycles. The fourth-order valence-corrected chi connectivity index (χ4v) is 3.54. The van der Waals surface area contributed by atoms with E-state index in [9.17, 15) is 9.59 Å². The molecule has 3 aliphatic rings. The Hall–Kier alpha value is -1.26. The van der Waals surface area contributed by atoms with Crippen molar-refractivity contribution < 1.29 is 9.59 Å². The van der Waals surface area contributed by atoms with Gasteiger partial charge in [0.25, 0.3) is 0 Å². The molecule has 0 radical (unpaired) electrons. The van der Waals surface area contributed by atoms with Crippen molar-refractivity contribution in [2.45, 2.75) is 52.0 Å². The predicted molar refractivity (Wildman–Crippen MR) is 80.8 cm³/mol. The van der Waals surface area contributed by atoms with Crippen LogP contribution in [-0.2, 0) is 4.79 Å². The molecule has 3 fully saturated rings. The number of hydrogen-bond acceptors (Lipinski definition) is 2. The van der Waals surface area contributed by atoms with Crippen molar-refractivity contribution in [1.29, 1.82) is 0 Å². The lowest BCUT2D eigenvalue weighted by molar-refractivity contribution is -0.123. The van der Waals surface area contributed by atoms with Gasteiger partial charge in [0.05, 0.1) is 0 Å². The number of nitrogens with one attached hydrogen (secondary N) is 1. The molecule has 3 amide bonds. The van der Waals surface area contributed by atoms with E-state index in [1.54, 1.807) is 0 Å². The maximum absolute atomic E-state index is 12.3. The van der Waals surface area contributed by atoms with Crippen molar-refractivity contribution in [3.05, 3.63) is 0 Å². The Kier molecular flexibility index (Phi) is 3.84. The number of likely N-dealkylation sites (tertiary alicyclic amines) is 2. The van der Waals surface area contributed by atoms with Crippen molar-refractivity contribution in [1.82, 2.24) is 15.1 Å². The topological polar surface area (TPSA) is 52.7 Å². The first-order valence-electron chi connectivity index (χ1n) is 8.31. The van der Waals surface area contributed by atoms with Crippen LogP contribution in [0, 0.1) is 11.3 Å². The van der Waals surface area contributed by atoms with Gasteiger partial charge in [-0.1, -0.05) is 13.8 Å². The van der Waals surface area contributed by atoms with E-state index >= 15 is 0 Å². The molecule has 3 rings (SSSR count). The summed E-state index contributed by atoms with van der Waals surface area (Å²) in [4.78, 5) is 28.3. The molecule has 1 unspecified atom stereocenters. The van der Waals surface area contributed by atoms with Crippen LogP contribution in [0.25, 0.3) is 0 Å². The maximum Gasteiger partial charge on any atom is 0.319 e. The summed E-state index contributed by atoms with van der Waals surface area (Å²) in [6.07, 6.45) is 5.05. The lowest BCUT2D eigenvalue weighted by Crippen LogP contribution is -2.50. The molecule has 0 aromatic rings. The van der Waals surface area contributed by atoms with E-state index in [0.717, 1.165) is 58.3 Å². The van der Waals surface area contributed by atoms with Crippen LogP contribution in [0.4, 0.5) is 4.79 Å². The maximum atomic E-state index is 12.3. The summed E-state index contributed by atoms with van der Waals surface area (Å²) >= 11 is 0. The Labute approximate surface area is 127 Å². The molecule has 2 saturated heterocycles. The number of carbonyl (C=O) groups is 2. The summed E-state index contributed by atoms with van der Waals surface area (Å²) in [5.74, 6) is 0.408. The van der Waals surface area contributed by atoms with Gasteiger partial charge in [0.2, 0.25) is 5.91 Å². The van der Waals surface area contributed by atoms with Gasteiger partial charge in [-0.15, -0.1) is 0 Å². The second-order valence-electron chi connectivity index (χ2n) is 7.49. The summed E-state index contributed by atoms with van der Waals surface area (Å²) < 4.78 is 0. The van der Waals surface area contributed by atoms with E-state index in [2.05, 4.69) is 19.2 Å². The largest absolute Gasteiger partial charge is 0.353 e. The average molecular weight is 293 g/mol. The van der Waals surface area contributed by atoms with Crippen LogP contribution in [-0.4, -0.2) is 54.0 Å². The first-order valence-corrected chi connectivity index (χ1v) is 8.31. The fourth-order valence-electron chi connectivity index (χ4n) is 3.54. The summed E-state index contributed by atoms with van der Waals surface area (Å²) in [5.41, 5.74) is 0.191. The first-order chi connectivity index (χ1) is 9.97. The summed E-state index contributed by atoms with van der Waals surface area (Å²) in [6.45, 7) is 7.66. The van der Waals surface area contributed by atoms with Crippen LogP contribution in [0.5, 0.6) is 0 Å². The SMILES string of the molecule is CC1(C)CC1C(=O)NC1CCN(C(=O)N2CCCC2)CC1. The normalized spacial score (nSPS) is 28.6. The number of nitrogens with zero attached hydrogens (tertiary/aromatic N) is 2. The minimum absolute atomic E-state index is 0.191. The third kappa shape index (κ3) is 3.16. The van der Waals surface area contributed by atoms with Crippen LogP contribution >= 0.6 is 0 Å². The van der Waals surface area contributed by atoms with Gasteiger partial charge in [0.15, 0.2) is 0 Å². The van der Waals surface area contributed by atoms with Crippen LogP contribution in [0.15, 0.2) is 0 Å². The molecule has 5 heteroatoms. The minimum Gasteiger partial charge on any atom is -0.353 e. The Morgan fingerprint density at radius 3 is 2.05 bits per heavy atom. The van der Waals surface area contributed by atoms with Crippen LogP contribution in [0.3, 0.4) is 0 Å². The van der Waals surface area contributed by atoms with E-state index in [4.69, 9.17) is 0 Å². The third-order valence-electron chi connectivity index (χ3n) is 5.32. The Bertz CT molecular complexity index is 421. The number of carbonyl (C=O) groups excluding carboxylic acids is 2. The number of urea groups is 1. The molecule has 1 aliphatic carbocycles. The highest BCUT2D eigenvalue weighted by molar-refractivity contribution is 5.82. The van der Waals surface area contributed by atoms with Crippen LogP contribution in [0.2, 0.25) is 0 Å². The third-order valence-corrected chi connectivity index (χ3v) is 5.32. The average Bonchev–Trinajstić information content (AvgIpc) is 2.90. The second-order valence-corrected chi connectivity index (χ2v) is 7.49. The fraction of sp³-hybridized carbons (Fsp3) is 0.875. The number of amides is 3. The first kappa shape index (κ1) is 14.7. The zero-order valence-corrected chi connectivity index (χ0v) is 13.2. The molecule has 1 saturated carbocycles. The number of hydrogen-bond donors (Lipinski definition) is 1. The van der Waals surface area contributed by atoms with Gasteiger partial charge < -0.3 is 15.1 Å². The Morgan fingerprint density at radius 1 is 1.00 bits per heavy atom. The highest BCUT2D eigenvalue weighted by atomic mass is 16.2. The van der Waals surface area contributed by atoms with Gasteiger partial charge in [-0.2, -0.15) is 0 Å². The Balaban J connectivity index is 1.42. The lowest BCUT2D eigenvalue weighted by atomic mass is 10.0. The smallest absolute Gasteiger partial charge is 0.319 e. The summed E-state index contributed by atoms with van der Waals surface area (Å²) in [5, 5.41) is 3.17. The van der Waals surface area contributed by atoms with Crippen LogP contribution < -0.4 is 5.32 Å². The van der Waals surface area contributed by atoms with Crippen molar-refractivity contribution in [2.24, 2.45) is 11.3 Å². The molecule has 1 atom stereocenters.